The maximum atomic E-state index is 12.5. The number of hydrogen-bond donors (Lipinski definition) is 4. The summed E-state index contributed by atoms with van der Waals surface area (Å²) in [5.74, 6) is -0.811. The Bertz CT molecular complexity index is 583. The predicted molar refractivity (Wildman–Crippen MR) is 78.3 cm³/mol. The fourth-order valence-electron chi connectivity index (χ4n) is 1.79. The SMILES string of the molecule is CC(C)(C)OC(=O)NCC(O)C(O)c1ccc(C(F)(F)F)cc1O. The summed E-state index contributed by atoms with van der Waals surface area (Å²) in [6.07, 6.45) is -8.72. The molecule has 0 radical (unpaired) electrons. The largest absolute Gasteiger partial charge is 0.508 e. The van der Waals surface area contributed by atoms with E-state index in [9.17, 15) is 33.3 Å². The third-order valence-electron chi connectivity index (χ3n) is 2.90. The molecule has 0 bridgehead atoms. The van der Waals surface area contributed by atoms with E-state index in [1.807, 2.05) is 0 Å². The normalized spacial score (nSPS) is 14.8. The molecule has 6 nitrogen and oxygen atoms in total. The van der Waals surface area contributed by atoms with Crippen molar-refractivity contribution in [1.82, 2.24) is 5.32 Å². The number of benzene rings is 1. The number of carbonyl (C=O) groups is 1. The third kappa shape index (κ3) is 5.89. The molecule has 0 aromatic heterocycles. The summed E-state index contributed by atoms with van der Waals surface area (Å²) < 4.78 is 42.5. The van der Waals surface area contributed by atoms with Crippen molar-refractivity contribution in [2.24, 2.45) is 0 Å². The van der Waals surface area contributed by atoms with Crippen molar-refractivity contribution in [3.05, 3.63) is 29.3 Å². The first-order chi connectivity index (χ1) is 10.8. The van der Waals surface area contributed by atoms with Crippen LogP contribution in [0.2, 0.25) is 0 Å². The van der Waals surface area contributed by atoms with Crippen molar-refractivity contribution >= 4 is 6.09 Å². The van der Waals surface area contributed by atoms with Gasteiger partial charge in [0.1, 0.15) is 23.6 Å². The molecule has 1 rings (SSSR count). The molecule has 4 N–H and O–H groups in total. The second kappa shape index (κ2) is 7.27. The number of phenols is 1. The highest BCUT2D eigenvalue weighted by Crippen LogP contribution is 2.35. The van der Waals surface area contributed by atoms with Gasteiger partial charge >= 0.3 is 12.3 Å². The van der Waals surface area contributed by atoms with Crippen LogP contribution in [0.5, 0.6) is 5.75 Å². The second-order valence-corrected chi connectivity index (χ2v) is 6.17. The van der Waals surface area contributed by atoms with Gasteiger partial charge in [0.2, 0.25) is 0 Å². The number of aliphatic hydroxyl groups is 2. The molecule has 0 heterocycles. The first-order valence-electron chi connectivity index (χ1n) is 7.04. The lowest BCUT2D eigenvalue weighted by Gasteiger charge is -2.22. The Labute approximate surface area is 136 Å². The van der Waals surface area contributed by atoms with E-state index in [1.165, 1.54) is 0 Å². The molecule has 0 spiro atoms. The van der Waals surface area contributed by atoms with Crippen LogP contribution in [0, 0.1) is 0 Å². The number of carbonyl (C=O) groups excluding carboxylic acids is 1. The fraction of sp³-hybridized carbons (Fsp3) is 0.533. The van der Waals surface area contributed by atoms with E-state index in [0.717, 1.165) is 6.07 Å². The van der Waals surface area contributed by atoms with E-state index in [1.54, 1.807) is 20.8 Å². The summed E-state index contributed by atoms with van der Waals surface area (Å²) in [7, 11) is 0. The quantitative estimate of drug-likeness (QED) is 0.667. The molecule has 136 valence electrons. The number of ether oxygens (including phenoxy) is 1. The van der Waals surface area contributed by atoms with Crippen LogP contribution in [0.3, 0.4) is 0 Å². The van der Waals surface area contributed by atoms with Gasteiger partial charge in [-0.05, 0) is 32.9 Å². The smallest absolute Gasteiger partial charge is 0.416 e. The Morgan fingerprint density at radius 1 is 1.25 bits per heavy atom. The van der Waals surface area contributed by atoms with Crippen molar-refractivity contribution in [3.8, 4) is 5.75 Å². The zero-order chi connectivity index (χ0) is 18.7. The van der Waals surface area contributed by atoms with E-state index in [-0.39, 0.29) is 5.56 Å². The third-order valence-corrected chi connectivity index (χ3v) is 2.90. The molecule has 2 unspecified atom stereocenters. The van der Waals surface area contributed by atoms with Crippen molar-refractivity contribution in [1.29, 1.82) is 0 Å². The number of hydrogen-bond acceptors (Lipinski definition) is 5. The topological polar surface area (TPSA) is 99.0 Å². The molecule has 0 saturated heterocycles. The minimum absolute atomic E-state index is 0.290. The number of nitrogens with one attached hydrogen (secondary N) is 1. The molecule has 0 fully saturated rings. The number of alkyl carbamates (subject to hydrolysis) is 1. The van der Waals surface area contributed by atoms with Gasteiger partial charge in [0, 0.05) is 12.1 Å². The first kappa shape index (κ1) is 20.0. The standard InChI is InChI=1S/C15H20F3NO5/c1-14(2,3)24-13(23)19-7-11(21)12(22)9-5-4-8(6-10(9)20)15(16,17)18/h4-6,11-12,20-22H,7H2,1-3H3,(H,19,23). The highest BCUT2D eigenvalue weighted by Gasteiger charge is 2.32. The van der Waals surface area contributed by atoms with Crippen molar-refractivity contribution in [3.63, 3.8) is 0 Å². The van der Waals surface area contributed by atoms with Gasteiger partial charge in [-0.2, -0.15) is 13.2 Å². The minimum Gasteiger partial charge on any atom is -0.508 e. The first-order valence-corrected chi connectivity index (χ1v) is 7.04. The molecule has 24 heavy (non-hydrogen) atoms. The highest BCUT2D eigenvalue weighted by molar-refractivity contribution is 5.67. The number of alkyl halides is 3. The molecule has 2 atom stereocenters. The van der Waals surface area contributed by atoms with Crippen LogP contribution in [-0.4, -0.2) is 39.7 Å². The van der Waals surface area contributed by atoms with Crippen LogP contribution in [0.4, 0.5) is 18.0 Å². The van der Waals surface area contributed by atoms with Crippen molar-refractivity contribution in [2.45, 2.75) is 44.8 Å². The summed E-state index contributed by atoms with van der Waals surface area (Å²) in [5.41, 5.74) is -2.13. The van der Waals surface area contributed by atoms with Gasteiger partial charge in [-0.1, -0.05) is 6.07 Å². The average Bonchev–Trinajstić information content (AvgIpc) is 2.41. The molecule has 0 aliphatic carbocycles. The maximum absolute atomic E-state index is 12.5. The number of aromatic hydroxyl groups is 1. The minimum atomic E-state index is -4.64. The summed E-state index contributed by atoms with van der Waals surface area (Å²) in [6, 6.07) is 1.98. The lowest BCUT2D eigenvalue weighted by atomic mass is 10.0. The van der Waals surface area contributed by atoms with Crippen LogP contribution in [0.1, 0.15) is 38.0 Å². The average molecular weight is 351 g/mol. The predicted octanol–water partition coefficient (Wildman–Crippen LogP) is 2.33. The zero-order valence-electron chi connectivity index (χ0n) is 13.4. The number of rotatable bonds is 4. The summed E-state index contributed by atoms with van der Waals surface area (Å²) >= 11 is 0. The summed E-state index contributed by atoms with van der Waals surface area (Å²) in [4.78, 5) is 11.4. The maximum Gasteiger partial charge on any atom is 0.416 e. The Balaban J connectivity index is 2.72. The number of amides is 1. The molecule has 1 aromatic carbocycles. The van der Waals surface area contributed by atoms with Gasteiger partial charge in [0.25, 0.3) is 0 Å². The van der Waals surface area contributed by atoms with E-state index < -0.39 is 47.9 Å². The Kier molecular flexibility index (Phi) is 6.07. The Morgan fingerprint density at radius 2 is 1.83 bits per heavy atom. The summed E-state index contributed by atoms with van der Waals surface area (Å²) in [6.45, 7) is 4.49. The molecular formula is C15H20F3NO5. The van der Waals surface area contributed by atoms with Crippen LogP contribution >= 0.6 is 0 Å². The van der Waals surface area contributed by atoms with E-state index in [2.05, 4.69) is 5.32 Å². The number of aliphatic hydroxyl groups excluding tert-OH is 2. The number of phenolic OH excluding ortho intramolecular Hbond substituents is 1. The van der Waals surface area contributed by atoms with Crippen LogP contribution in [-0.2, 0) is 10.9 Å². The molecule has 0 saturated carbocycles. The molecule has 9 heteroatoms. The molecule has 1 aromatic rings. The lowest BCUT2D eigenvalue weighted by Crippen LogP contribution is -2.38. The monoisotopic (exact) mass is 351 g/mol. The van der Waals surface area contributed by atoms with Gasteiger partial charge in [-0.3, -0.25) is 0 Å². The van der Waals surface area contributed by atoms with Gasteiger partial charge < -0.3 is 25.4 Å². The van der Waals surface area contributed by atoms with Crippen LogP contribution in [0.15, 0.2) is 18.2 Å². The van der Waals surface area contributed by atoms with E-state index >= 15 is 0 Å². The Morgan fingerprint density at radius 3 is 2.29 bits per heavy atom. The van der Waals surface area contributed by atoms with Crippen LogP contribution in [0.25, 0.3) is 0 Å². The number of halogens is 3. The molecule has 0 aliphatic heterocycles. The van der Waals surface area contributed by atoms with Gasteiger partial charge in [-0.25, -0.2) is 4.79 Å². The van der Waals surface area contributed by atoms with E-state index in [0.29, 0.717) is 12.1 Å². The second-order valence-electron chi connectivity index (χ2n) is 6.17. The highest BCUT2D eigenvalue weighted by atomic mass is 19.4. The fourth-order valence-corrected chi connectivity index (χ4v) is 1.79. The lowest BCUT2D eigenvalue weighted by molar-refractivity contribution is -0.137. The Hall–Kier alpha value is -2.00. The van der Waals surface area contributed by atoms with Gasteiger partial charge in [0.05, 0.1) is 5.56 Å². The van der Waals surface area contributed by atoms with E-state index in [4.69, 9.17) is 4.74 Å². The van der Waals surface area contributed by atoms with Crippen molar-refractivity contribution in [2.75, 3.05) is 6.54 Å². The van der Waals surface area contributed by atoms with Crippen molar-refractivity contribution < 1.29 is 38.0 Å². The molecule has 0 aliphatic rings. The van der Waals surface area contributed by atoms with Gasteiger partial charge in [-0.15, -0.1) is 0 Å². The molecular weight excluding hydrogens is 331 g/mol. The van der Waals surface area contributed by atoms with Crippen LogP contribution < -0.4 is 5.32 Å². The summed E-state index contributed by atoms with van der Waals surface area (Å²) in [5, 5.41) is 31.6. The van der Waals surface area contributed by atoms with Gasteiger partial charge in [0.15, 0.2) is 0 Å². The molecule has 1 amide bonds. The zero-order valence-corrected chi connectivity index (χ0v) is 13.4.